The molecule has 10 nitrogen and oxygen atoms in total. The quantitative estimate of drug-likeness (QED) is 0.356. The van der Waals surface area contributed by atoms with Crippen molar-refractivity contribution in [3.05, 3.63) is 79.9 Å². The summed E-state index contributed by atoms with van der Waals surface area (Å²) in [6, 6.07) is 12.8. The summed E-state index contributed by atoms with van der Waals surface area (Å²) >= 11 is 2.82. The molecule has 0 aliphatic carbocycles. The Morgan fingerprint density at radius 1 is 0.735 bits per heavy atom. The third kappa shape index (κ3) is 7.45. The molecule has 1 saturated heterocycles. The van der Waals surface area contributed by atoms with Gasteiger partial charge in [0.15, 0.2) is 0 Å². The summed E-state index contributed by atoms with van der Waals surface area (Å²) in [6.07, 6.45) is 0. The van der Waals surface area contributed by atoms with E-state index in [4.69, 9.17) is 0 Å². The van der Waals surface area contributed by atoms with Crippen molar-refractivity contribution in [3.63, 3.8) is 0 Å². The zero-order valence-electron chi connectivity index (χ0n) is 18.3. The van der Waals surface area contributed by atoms with Crippen molar-refractivity contribution in [3.8, 4) is 0 Å². The van der Waals surface area contributed by atoms with Gasteiger partial charge in [-0.3, -0.25) is 29.8 Å². The lowest BCUT2D eigenvalue weighted by molar-refractivity contribution is -0.385. The number of thioether (sulfide) groups is 2. The topological polar surface area (TPSA) is 127 Å². The van der Waals surface area contributed by atoms with Crippen LogP contribution in [-0.2, 0) is 21.1 Å². The van der Waals surface area contributed by atoms with Crippen molar-refractivity contribution >= 4 is 46.7 Å². The molecule has 0 radical (unpaired) electrons. The number of carbonyl (C=O) groups is 2. The van der Waals surface area contributed by atoms with Crippen molar-refractivity contribution in [1.29, 1.82) is 0 Å². The number of nitrogens with zero attached hydrogens (tertiary/aromatic N) is 4. The fourth-order valence-electron chi connectivity index (χ4n) is 3.42. The van der Waals surface area contributed by atoms with Crippen molar-refractivity contribution in [2.24, 2.45) is 0 Å². The fraction of sp³-hybridized carbons (Fsp3) is 0.364. The van der Waals surface area contributed by atoms with E-state index < -0.39 is 9.85 Å². The lowest BCUT2D eigenvalue weighted by Crippen LogP contribution is -2.51. The maximum absolute atomic E-state index is 12.5. The van der Waals surface area contributed by atoms with E-state index in [-0.39, 0.29) is 34.7 Å². The molecule has 2 aromatic carbocycles. The lowest BCUT2D eigenvalue weighted by Gasteiger charge is -2.34. The molecule has 0 bridgehead atoms. The predicted molar refractivity (Wildman–Crippen MR) is 132 cm³/mol. The van der Waals surface area contributed by atoms with Crippen LogP contribution in [0.2, 0.25) is 0 Å². The first-order valence-electron chi connectivity index (χ1n) is 10.5. The van der Waals surface area contributed by atoms with Crippen molar-refractivity contribution < 1.29 is 19.4 Å². The van der Waals surface area contributed by atoms with Crippen LogP contribution in [0.3, 0.4) is 0 Å². The molecule has 0 N–H and O–H groups in total. The third-order valence-corrected chi connectivity index (χ3v) is 7.19. The standard InChI is InChI=1S/C22H24N4O6S2/c27-21(15-33-13-17-3-1-5-19(11-17)25(29)30)23-7-9-24(10-8-23)22(28)16-34-14-18-4-2-6-20(12-18)26(31)32/h1-6,11-12H,7-10,13-16H2. The predicted octanol–water partition coefficient (Wildman–Crippen LogP) is 3.34. The van der Waals surface area contributed by atoms with Crippen LogP contribution < -0.4 is 0 Å². The summed E-state index contributed by atoms with van der Waals surface area (Å²) in [5.74, 6) is 1.54. The fourth-order valence-corrected chi connectivity index (χ4v) is 5.17. The maximum Gasteiger partial charge on any atom is 0.269 e. The Balaban J connectivity index is 1.35. The molecule has 2 amide bonds. The molecule has 0 unspecified atom stereocenters. The van der Waals surface area contributed by atoms with Gasteiger partial charge in [0.25, 0.3) is 11.4 Å². The van der Waals surface area contributed by atoms with Gasteiger partial charge in [-0.2, -0.15) is 0 Å². The molecule has 1 fully saturated rings. The second-order valence-electron chi connectivity index (χ2n) is 7.60. The van der Waals surface area contributed by atoms with E-state index in [0.29, 0.717) is 37.7 Å². The summed E-state index contributed by atoms with van der Waals surface area (Å²) in [5, 5.41) is 21.7. The summed E-state index contributed by atoms with van der Waals surface area (Å²) in [4.78, 5) is 49.3. The van der Waals surface area contributed by atoms with E-state index in [1.807, 2.05) is 0 Å². The number of hydrogen-bond acceptors (Lipinski definition) is 8. The number of rotatable bonds is 10. The van der Waals surface area contributed by atoms with E-state index in [1.165, 1.54) is 47.8 Å². The average Bonchev–Trinajstić information content (AvgIpc) is 2.84. The molecule has 0 atom stereocenters. The molecule has 1 aliphatic rings. The highest BCUT2D eigenvalue weighted by Crippen LogP contribution is 2.20. The van der Waals surface area contributed by atoms with E-state index in [1.54, 1.807) is 34.1 Å². The SMILES string of the molecule is O=C(CSCc1cccc([N+](=O)[O-])c1)N1CCN(C(=O)CSCc2cccc([N+](=O)[O-])c2)CC1. The first-order chi connectivity index (χ1) is 16.3. The van der Waals surface area contributed by atoms with Crippen molar-refractivity contribution in [2.45, 2.75) is 11.5 Å². The van der Waals surface area contributed by atoms with Crippen LogP contribution in [0.25, 0.3) is 0 Å². The Kier molecular flexibility index (Phi) is 9.28. The molecular weight excluding hydrogens is 480 g/mol. The molecule has 3 rings (SSSR count). The van der Waals surface area contributed by atoms with Gasteiger partial charge in [-0.25, -0.2) is 0 Å². The van der Waals surface area contributed by atoms with Gasteiger partial charge in [0.1, 0.15) is 0 Å². The molecule has 1 heterocycles. The number of nitro benzene ring substituents is 2. The molecule has 0 saturated carbocycles. The van der Waals surface area contributed by atoms with E-state index >= 15 is 0 Å². The van der Waals surface area contributed by atoms with Crippen molar-refractivity contribution in [1.82, 2.24) is 9.80 Å². The molecular formula is C22H24N4O6S2. The first-order valence-corrected chi connectivity index (χ1v) is 12.8. The van der Waals surface area contributed by atoms with Crippen LogP contribution in [0.5, 0.6) is 0 Å². The average molecular weight is 505 g/mol. The van der Waals surface area contributed by atoms with Gasteiger partial charge < -0.3 is 9.80 Å². The Bertz CT molecular complexity index is 976. The Hall–Kier alpha value is -3.12. The number of amides is 2. The van der Waals surface area contributed by atoms with Crippen LogP contribution in [0, 0.1) is 20.2 Å². The monoisotopic (exact) mass is 504 g/mol. The van der Waals surface area contributed by atoms with E-state index in [2.05, 4.69) is 0 Å². The second-order valence-corrected chi connectivity index (χ2v) is 9.57. The zero-order chi connectivity index (χ0) is 24.5. The minimum atomic E-state index is -0.438. The van der Waals surface area contributed by atoms with Gasteiger partial charge in [-0.05, 0) is 11.1 Å². The molecule has 2 aromatic rings. The van der Waals surface area contributed by atoms with Gasteiger partial charge >= 0.3 is 0 Å². The highest BCUT2D eigenvalue weighted by atomic mass is 32.2. The number of hydrogen-bond donors (Lipinski definition) is 0. The molecule has 1 aliphatic heterocycles. The maximum atomic E-state index is 12.5. The number of benzene rings is 2. The third-order valence-electron chi connectivity index (χ3n) is 5.22. The zero-order valence-corrected chi connectivity index (χ0v) is 20.0. The minimum Gasteiger partial charge on any atom is -0.338 e. The number of nitro groups is 2. The molecule has 12 heteroatoms. The minimum absolute atomic E-state index is 0.0115. The smallest absolute Gasteiger partial charge is 0.269 e. The van der Waals surface area contributed by atoms with Crippen LogP contribution in [0.15, 0.2) is 48.5 Å². The Morgan fingerprint density at radius 2 is 1.12 bits per heavy atom. The highest BCUT2D eigenvalue weighted by molar-refractivity contribution is 7.99. The summed E-state index contributed by atoms with van der Waals surface area (Å²) in [6.45, 7) is 1.88. The summed E-state index contributed by atoms with van der Waals surface area (Å²) in [7, 11) is 0. The highest BCUT2D eigenvalue weighted by Gasteiger charge is 2.24. The molecule has 0 spiro atoms. The largest absolute Gasteiger partial charge is 0.338 e. The number of piperazine rings is 1. The van der Waals surface area contributed by atoms with E-state index in [9.17, 15) is 29.8 Å². The van der Waals surface area contributed by atoms with Gasteiger partial charge in [0.05, 0.1) is 21.4 Å². The van der Waals surface area contributed by atoms with Gasteiger partial charge in [0.2, 0.25) is 11.8 Å². The molecule has 34 heavy (non-hydrogen) atoms. The van der Waals surface area contributed by atoms with E-state index in [0.717, 1.165) is 11.1 Å². The van der Waals surface area contributed by atoms with Crippen LogP contribution in [0.4, 0.5) is 11.4 Å². The first kappa shape index (κ1) is 25.5. The Labute approximate surface area is 205 Å². The Morgan fingerprint density at radius 3 is 1.47 bits per heavy atom. The number of non-ortho nitro benzene ring substituents is 2. The van der Waals surface area contributed by atoms with Crippen molar-refractivity contribution in [2.75, 3.05) is 37.7 Å². The second kappa shape index (κ2) is 12.4. The van der Waals surface area contributed by atoms with Crippen LogP contribution in [0.1, 0.15) is 11.1 Å². The van der Waals surface area contributed by atoms with Crippen LogP contribution >= 0.6 is 23.5 Å². The van der Waals surface area contributed by atoms with Gasteiger partial charge in [-0.1, -0.05) is 24.3 Å². The van der Waals surface area contributed by atoms with Gasteiger partial charge in [-0.15, -0.1) is 23.5 Å². The number of carbonyl (C=O) groups excluding carboxylic acids is 2. The molecule has 180 valence electrons. The van der Waals surface area contributed by atoms with Crippen LogP contribution in [-0.4, -0.2) is 69.1 Å². The van der Waals surface area contributed by atoms with Gasteiger partial charge in [0, 0.05) is 62.0 Å². The normalized spacial score (nSPS) is 13.5. The molecule has 0 aromatic heterocycles. The summed E-state index contributed by atoms with van der Waals surface area (Å²) in [5.41, 5.74) is 1.66. The summed E-state index contributed by atoms with van der Waals surface area (Å²) < 4.78 is 0. The lowest BCUT2D eigenvalue weighted by atomic mass is 10.2.